The van der Waals surface area contributed by atoms with Crippen LogP contribution in [0.1, 0.15) is 44.7 Å². The Labute approximate surface area is 114 Å². The Morgan fingerprint density at radius 3 is 2.21 bits per heavy atom. The summed E-state index contributed by atoms with van der Waals surface area (Å²) >= 11 is 0. The molecule has 0 fully saturated rings. The van der Waals surface area contributed by atoms with Crippen molar-refractivity contribution >= 4 is 12.0 Å². The Morgan fingerprint density at radius 1 is 1.21 bits per heavy atom. The van der Waals surface area contributed by atoms with Crippen molar-refractivity contribution in [3.05, 3.63) is 41.0 Å². The van der Waals surface area contributed by atoms with E-state index in [2.05, 4.69) is 19.2 Å². The predicted molar refractivity (Wildman–Crippen MR) is 77.4 cm³/mol. The Hall–Kier alpha value is -2.08. The van der Waals surface area contributed by atoms with E-state index in [1.807, 2.05) is 44.2 Å². The predicted octanol–water partition coefficient (Wildman–Crippen LogP) is 3.24. The molecule has 0 heterocycles. The van der Waals surface area contributed by atoms with E-state index in [0.29, 0.717) is 5.92 Å². The maximum atomic E-state index is 11.8. The minimum absolute atomic E-state index is 0.0209. The van der Waals surface area contributed by atoms with Crippen LogP contribution in [0.25, 0.3) is 6.08 Å². The zero-order valence-electron chi connectivity index (χ0n) is 11.9. The number of nitrogens with zero attached hydrogens (tertiary/aromatic N) is 1. The molecule has 1 aromatic rings. The molecule has 0 bridgehead atoms. The minimum atomic E-state index is -0.328. The van der Waals surface area contributed by atoms with Gasteiger partial charge >= 0.3 is 0 Å². The molecule has 0 aliphatic heterocycles. The molecule has 0 aromatic heterocycles. The molecule has 1 aromatic carbocycles. The molecular formula is C16H20N2O. The first kappa shape index (κ1) is 15.0. The van der Waals surface area contributed by atoms with Crippen molar-refractivity contribution in [2.45, 2.75) is 39.7 Å². The SMILES string of the molecule is CC(C)NC(=O)/C(C#N)=C/c1ccc(C(C)C)cc1. The van der Waals surface area contributed by atoms with E-state index < -0.39 is 0 Å². The molecule has 0 unspecified atom stereocenters. The van der Waals surface area contributed by atoms with Crippen LogP contribution in [0, 0.1) is 11.3 Å². The lowest BCUT2D eigenvalue weighted by molar-refractivity contribution is -0.117. The summed E-state index contributed by atoms with van der Waals surface area (Å²) in [5.74, 6) is 0.142. The van der Waals surface area contributed by atoms with E-state index in [1.165, 1.54) is 5.56 Å². The maximum Gasteiger partial charge on any atom is 0.262 e. The molecule has 0 saturated carbocycles. The van der Waals surface area contributed by atoms with Crippen LogP contribution in [-0.2, 0) is 4.79 Å². The van der Waals surface area contributed by atoms with Crippen LogP contribution in [0.4, 0.5) is 0 Å². The van der Waals surface area contributed by atoms with Gasteiger partial charge in [-0.1, -0.05) is 38.1 Å². The minimum Gasteiger partial charge on any atom is -0.349 e. The Morgan fingerprint density at radius 2 is 1.79 bits per heavy atom. The first-order valence-electron chi connectivity index (χ1n) is 6.46. The second-order valence-corrected chi connectivity index (χ2v) is 5.12. The fraction of sp³-hybridized carbons (Fsp3) is 0.375. The van der Waals surface area contributed by atoms with Crippen LogP contribution in [0.2, 0.25) is 0 Å². The average molecular weight is 256 g/mol. The first-order valence-corrected chi connectivity index (χ1v) is 6.46. The van der Waals surface area contributed by atoms with Gasteiger partial charge in [0.1, 0.15) is 11.6 Å². The summed E-state index contributed by atoms with van der Waals surface area (Å²) in [5, 5.41) is 11.7. The third-order valence-corrected chi connectivity index (χ3v) is 2.70. The third kappa shape index (κ3) is 4.59. The van der Waals surface area contributed by atoms with Gasteiger partial charge in [-0.15, -0.1) is 0 Å². The molecule has 1 N–H and O–H groups in total. The van der Waals surface area contributed by atoms with Crippen molar-refractivity contribution in [3.8, 4) is 6.07 Å². The van der Waals surface area contributed by atoms with Gasteiger partial charge in [0.2, 0.25) is 0 Å². The van der Waals surface area contributed by atoms with Gasteiger partial charge in [0.25, 0.3) is 5.91 Å². The van der Waals surface area contributed by atoms with Crippen LogP contribution >= 0.6 is 0 Å². The highest BCUT2D eigenvalue weighted by Gasteiger charge is 2.09. The van der Waals surface area contributed by atoms with E-state index in [0.717, 1.165) is 5.56 Å². The number of nitrogens with one attached hydrogen (secondary N) is 1. The van der Waals surface area contributed by atoms with Gasteiger partial charge in [0, 0.05) is 6.04 Å². The molecular weight excluding hydrogens is 236 g/mol. The van der Waals surface area contributed by atoms with Gasteiger partial charge in [0.05, 0.1) is 0 Å². The molecule has 1 rings (SSSR count). The highest BCUT2D eigenvalue weighted by molar-refractivity contribution is 6.01. The van der Waals surface area contributed by atoms with Crippen molar-refractivity contribution in [3.63, 3.8) is 0 Å². The molecule has 100 valence electrons. The number of hydrogen-bond donors (Lipinski definition) is 1. The molecule has 3 heteroatoms. The molecule has 1 amide bonds. The van der Waals surface area contributed by atoms with E-state index in [4.69, 9.17) is 5.26 Å². The normalized spacial score (nSPS) is 11.5. The summed E-state index contributed by atoms with van der Waals surface area (Å²) in [6.07, 6.45) is 1.61. The summed E-state index contributed by atoms with van der Waals surface area (Å²) in [4.78, 5) is 11.8. The zero-order chi connectivity index (χ0) is 14.4. The van der Waals surface area contributed by atoms with Gasteiger partial charge in [-0.2, -0.15) is 5.26 Å². The third-order valence-electron chi connectivity index (χ3n) is 2.70. The van der Waals surface area contributed by atoms with E-state index in [1.54, 1.807) is 6.08 Å². The molecule has 0 aliphatic rings. The summed E-state index contributed by atoms with van der Waals surface area (Å²) in [7, 11) is 0. The van der Waals surface area contributed by atoms with Gasteiger partial charge in [0.15, 0.2) is 0 Å². The maximum absolute atomic E-state index is 11.8. The van der Waals surface area contributed by atoms with Crippen LogP contribution in [0.3, 0.4) is 0 Å². The summed E-state index contributed by atoms with van der Waals surface area (Å²) in [6.45, 7) is 7.98. The van der Waals surface area contributed by atoms with Crippen LogP contribution < -0.4 is 5.32 Å². The lowest BCUT2D eigenvalue weighted by Gasteiger charge is -2.07. The topological polar surface area (TPSA) is 52.9 Å². The molecule has 3 nitrogen and oxygen atoms in total. The molecule has 0 aliphatic carbocycles. The molecule has 0 radical (unpaired) electrons. The van der Waals surface area contributed by atoms with Gasteiger partial charge in [-0.05, 0) is 37.0 Å². The van der Waals surface area contributed by atoms with Gasteiger partial charge in [-0.3, -0.25) is 4.79 Å². The zero-order valence-corrected chi connectivity index (χ0v) is 11.9. The Balaban J connectivity index is 2.92. The summed E-state index contributed by atoms with van der Waals surface area (Å²) < 4.78 is 0. The van der Waals surface area contributed by atoms with Crippen LogP contribution in [0.5, 0.6) is 0 Å². The van der Waals surface area contributed by atoms with Crippen molar-refractivity contribution in [1.29, 1.82) is 5.26 Å². The number of carbonyl (C=O) groups is 1. The number of benzene rings is 1. The van der Waals surface area contributed by atoms with Crippen molar-refractivity contribution in [2.75, 3.05) is 0 Å². The first-order chi connectivity index (χ1) is 8.93. The largest absolute Gasteiger partial charge is 0.349 e. The molecule has 0 saturated heterocycles. The number of hydrogen-bond acceptors (Lipinski definition) is 2. The fourth-order valence-electron chi connectivity index (χ4n) is 1.63. The van der Waals surface area contributed by atoms with Crippen molar-refractivity contribution in [1.82, 2.24) is 5.32 Å². The van der Waals surface area contributed by atoms with E-state index >= 15 is 0 Å². The summed E-state index contributed by atoms with van der Waals surface area (Å²) in [5.41, 5.74) is 2.23. The Bertz CT molecular complexity index is 505. The number of carbonyl (C=O) groups excluding carboxylic acids is 1. The molecule has 0 atom stereocenters. The van der Waals surface area contributed by atoms with Crippen LogP contribution in [-0.4, -0.2) is 11.9 Å². The van der Waals surface area contributed by atoms with Crippen molar-refractivity contribution < 1.29 is 4.79 Å². The number of nitriles is 1. The monoisotopic (exact) mass is 256 g/mol. The van der Waals surface area contributed by atoms with E-state index in [-0.39, 0.29) is 17.5 Å². The van der Waals surface area contributed by atoms with E-state index in [9.17, 15) is 4.79 Å². The lowest BCUT2D eigenvalue weighted by Crippen LogP contribution is -2.30. The standard InChI is InChI=1S/C16H20N2O/c1-11(2)14-7-5-13(6-8-14)9-15(10-17)16(19)18-12(3)4/h5-9,11-12H,1-4H3,(H,18,19)/b15-9+. The molecule has 19 heavy (non-hydrogen) atoms. The van der Waals surface area contributed by atoms with Crippen molar-refractivity contribution in [2.24, 2.45) is 0 Å². The second kappa shape index (κ2) is 6.75. The highest BCUT2D eigenvalue weighted by Crippen LogP contribution is 2.16. The fourth-order valence-corrected chi connectivity index (χ4v) is 1.63. The smallest absolute Gasteiger partial charge is 0.262 e. The summed E-state index contributed by atoms with van der Waals surface area (Å²) in [6, 6.07) is 9.85. The van der Waals surface area contributed by atoms with Crippen LogP contribution in [0.15, 0.2) is 29.8 Å². The Kier molecular flexibility index (Phi) is 5.32. The number of amides is 1. The highest BCUT2D eigenvalue weighted by atomic mass is 16.1. The lowest BCUT2D eigenvalue weighted by atomic mass is 10.0. The quantitative estimate of drug-likeness (QED) is 0.664. The second-order valence-electron chi connectivity index (χ2n) is 5.12. The molecule has 0 spiro atoms. The van der Waals surface area contributed by atoms with Gasteiger partial charge < -0.3 is 5.32 Å². The number of rotatable bonds is 4. The van der Waals surface area contributed by atoms with Gasteiger partial charge in [-0.25, -0.2) is 0 Å². The average Bonchev–Trinajstić information content (AvgIpc) is 2.35.